The monoisotopic (exact) mass is 307 g/mol. The van der Waals surface area contributed by atoms with Crippen molar-refractivity contribution in [2.75, 3.05) is 31.9 Å². The number of rotatable bonds is 5. The molecule has 2 N–H and O–H groups in total. The topological polar surface area (TPSA) is 107 Å². The summed E-state index contributed by atoms with van der Waals surface area (Å²) in [5, 5.41) is 11.0. The maximum atomic E-state index is 11.9. The fraction of sp³-hybridized carbons (Fsp3) is 0.818. The Kier molecular flexibility index (Phi) is 5.75. The molecule has 0 aromatic heterocycles. The van der Waals surface area contributed by atoms with Crippen molar-refractivity contribution >= 4 is 22.0 Å². The molecule has 1 aliphatic rings. The number of carboxylic acid groups (broad SMARTS) is 1. The highest BCUT2D eigenvalue weighted by atomic mass is 32.2. The van der Waals surface area contributed by atoms with Gasteiger partial charge in [0.25, 0.3) is 0 Å². The molecule has 0 aliphatic carbocycles. The van der Waals surface area contributed by atoms with Crippen LogP contribution < -0.4 is 5.32 Å². The van der Waals surface area contributed by atoms with Crippen molar-refractivity contribution in [1.82, 2.24) is 14.5 Å². The highest BCUT2D eigenvalue weighted by Gasteiger charge is 2.32. The largest absolute Gasteiger partial charge is 0.481 e. The van der Waals surface area contributed by atoms with Gasteiger partial charge in [-0.05, 0) is 13.8 Å². The van der Waals surface area contributed by atoms with Gasteiger partial charge in [-0.1, -0.05) is 0 Å². The Hall–Kier alpha value is -1.35. The molecular weight excluding hydrogens is 286 g/mol. The number of hydrogen-bond donors (Lipinski definition) is 2. The Bertz CT molecular complexity index is 465. The van der Waals surface area contributed by atoms with E-state index in [4.69, 9.17) is 5.11 Å². The lowest BCUT2D eigenvalue weighted by Gasteiger charge is -2.38. The highest BCUT2D eigenvalue weighted by molar-refractivity contribution is 7.89. The summed E-state index contributed by atoms with van der Waals surface area (Å²) in [6.45, 7) is 4.27. The minimum absolute atomic E-state index is 0.0462. The molecule has 0 aromatic rings. The van der Waals surface area contributed by atoms with E-state index in [1.54, 1.807) is 13.8 Å². The number of urea groups is 1. The van der Waals surface area contributed by atoms with Gasteiger partial charge in [0.15, 0.2) is 0 Å². The third-order valence-electron chi connectivity index (χ3n) is 3.22. The summed E-state index contributed by atoms with van der Waals surface area (Å²) in [4.78, 5) is 23.8. The van der Waals surface area contributed by atoms with Crippen molar-refractivity contribution in [1.29, 1.82) is 0 Å². The molecule has 1 atom stereocenters. The molecule has 1 rings (SSSR count). The number of piperazine rings is 1. The molecule has 0 spiro atoms. The number of aliphatic carboxylic acids is 1. The molecule has 116 valence electrons. The maximum Gasteiger partial charge on any atom is 0.317 e. The van der Waals surface area contributed by atoms with Crippen LogP contribution in [0.3, 0.4) is 0 Å². The lowest BCUT2D eigenvalue weighted by Crippen LogP contribution is -2.57. The molecule has 1 fully saturated rings. The van der Waals surface area contributed by atoms with E-state index in [9.17, 15) is 18.0 Å². The second-order valence-corrected chi connectivity index (χ2v) is 6.93. The standard InChI is InChI=1S/C11H21N3O5S/c1-3-20(18,19)13-6-7-14(9(2)8-13)11(17)12-5-4-10(15)16/h9H,3-8H2,1-2H3,(H,12,17)(H,15,16)/t9-/m1/s1. The van der Waals surface area contributed by atoms with Crippen molar-refractivity contribution in [2.24, 2.45) is 0 Å². The zero-order valence-electron chi connectivity index (χ0n) is 11.7. The Morgan fingerprint density at radius 2 is 2.00 bits per heavy atom. The number of sulfonamides is 1. The van der Waals surface area contributed by atoms with E-state index >= 15 is 0 Å². The number of nitrogens with one attached hydrogen (secondary N) is 1. The summed E-state index contributed by atoms with van der Waals surface area (Å²) in [7, 11) is -3.23. The molecule has 9 heteroatoms. The van der Waals surface area contributed by atoms with Gasteiger partial charge in [0.1, 0.15) is 0 Å². The smallest absolute Gasteiger partial charge is 0.317 e. The van der Waals surface area contributed by atoms with Crippen LogP contribution in [0.25, 0.3) is 0 Å². The summed E-state index contributed by atoms with van der Waals surface area (Å²) >= 11 is 0. The third kappa shape index (κ3) is 4.34. The predicted molar refractivity (Wildman–Crippen MR) is 72.9 cm³/mol. The van der Waals surface area contributed by atoms with E-state index in [1.165, 1.54) is 9.21 Å². The minimum atomic E-state index is -3.23. The Labute approximate surface area is 118 Å². The summed E-state index contributed by atoms with van der Waals surface area (Å²) in [5.74, 6) is -0.929. The fourth-order valence-electron chi connectivity index (χ4n) is 2.04. The molecule has 0 unspecified atom stereocenters. The highest BCUT2D eigenvalue weighted by Crippen LogP contribution is 2.13. The molecule has 1 saturated heterocycles. The summed E-state index contributed by atoms with van der Waals surface area (Å²) < 4.78 is 24.9. The summed E-state index contributed by atoms with van der Waals surface area (Å²) in [6.07, 6.45) is -0.135. The lowest BCUT2D eigenvalue weighted by atomic mass is 10.2. The molecule has 0 radical (unpaired) electrons. The van der Waals surface area contributed by atoms with Crippen LogP contribution >= 0.6 is 0 Å². The van der Waals surface area contributed by atoms with Gasteiger partial charge in [0.05, 0.1) is 12.2 Å². The van der Waals surface area contributed by atoms with Crippen LogP contribution in [0, 0.1) is 0 Å². The quantitative estimate of drug-likeness (QED) is 0.714. The van der Waals surface area contributed by atoms with Gasteiger partial charge in [-0.25, -0.2) is 13.2 Å². The number of nitrogens with zero attached hydrogens (tertiary/aromatic N) is 2. The number of carbonyl (C=O) groups is 2. The zero-order chi connectivity index (χ0) is 15.3. The molecule has 0 aromatic carbocycles. The van der Waals surface area contributed by atoms with Crippen molar-refractivity contribution in [3.05, 3.63) is 0 Å². The molecular formula is C11H21N3O5S. The molecule has 1 heterocycles. The fourth-order valence-corrected chi connectivity index (χ4v) is 3.21. The van der Waals surface area contributed by atoms with Crippen molar-refractivity contribution in [3.8, 4) is 0 Å². The first-order chi connectivity index (χ1) is 9.27. The van der Waals surface area contributed by atoms with E-state index < -0.39 is 16.0 Å². The Morgan fingerprint density at radius 1 is 1.35 bits per heavy atom. The number of carbonyl (C=O) groups excluding carboxylic acids is 1. The molecule has 2 amide bonds. The van der Waals surface area contributed by atoms with E-state index in [0.717, 1.165) is 0 Å². The number of amides is 2. The molecule has 1 aliphatic heterocycles. The van der Waals surface area contributed by atoms with Crippen LogP contribution in [0.4, 0.5) is 4.79 Å². The molecule has 8 nitrogen and oxygen atoms in total. The van der Waals surface area contributed by atoms with E-state index in [1.807, 2.05) is 0 Å². The average molecular weight is 307 g/mol. The average Bonchev–Trinajstić information content (AvgIpc) is 2.37. The van der Waals surface area contributed by atoms with Gasteiger partial charge < -0.3 is 15.3 Å². The van der Waals surface area contributed by atoms with Gasteiger partial charge >= 0.3 is 12.0 Å². The molecule has 0 bridgehead atoms. The van der Waals surface area contributed by atoms with Gasteiger partial charge in [0, 0.05) is 32.2 Å². The van der Waals surface area contributed by atoms with Crippen molar-refractivity contribution in [3.63, 3.8) is 0 Å². The van der Waals surface area contributed by atoms with Gasteiger partial charge in [-0.15, -0.1) is 0 Å². The number of hydrogen-bond acceptors (Lipinski definition) is 4. The van der Waals surface area contributed by atoms with Crippen LogP contribution in [0.5, 0.6) is 0 Å². The Morgan fingerprint density at radius 3 is 2.50 bits per heavy atom. The second-order valence-electron chi connectivity index (χ2n) is 4.68. The minimum Gasteiger partial charge on any atom is -0.481 e. The summed E-state index contributed by atoms with van der Waals surface area (Å²) in [6, 6.07) is -0.595. The van der Waals surface area contributed by atoms with E-state index in [2.05, 4.69) is 5.32 Å². The van der Waals surface area contributed by atoms with Crippen LogP contribution in [-0.2, 0) is 14.8 Å². The van der Waals surface area contributed by atoms with Crippen LogP contribution in [-0.4, -0.2) is 72.7 Å². The lowest BCUT2D eigenvalue weighted by molar-refractivity contribution is -0.136. The van der Waals surface area contributed by atoms with Crippen molar-refractivity contribution < 1.29 is 23.1 Å². The molecule has 20 heavy (non-hydrogen) atoms. The molecule has 0 saturated carbocycles. The third-order valence-corrected chi connectivity index (χ3v) is 5.07. The predicted octanol–water partition coefficient (Wildman–Crippen LogP) is -0.473. The maximum absolute atomic E-state index is 11.9. The van der Waals surface area contributed by atoms with Crippen LogP contribution in [0.15, 0.2) is 0 Å². The van der Waals surface area contributed by atoms with Gasteiger partial charge in [0.2, 0.25) is 10.0 Å². The van der Waals surface area contributed by atoms with Gasteiger partial charge in [-0.2, -0.15) is 4.31 Å². The van der Waals surface area contributed by atoms with Crippen molar-refractivity contribution in [2.45, 2.75) is 26.3 Å². The van der Waals surface area contributed by atoms with E-state index in [0.29, 0.717) is 6.54 Å². The first-order valence-electron chi connectivity index (χ1n) is 6.52. The van der Waals surface area contributed by atoms with Crippen LogP contribution in [0.1, 0.15) is 20.3 Å². The zero-order valence-corrected chi connectivity index (χ0v) is 12.5. The first kappa shape index (κ1) is 16.7. The Balaban J connectivity index is 2.52. The van der Waals surface area contributed by atoms with Crippen LogP contribution in [0.2, 0.25) is 0 Å². The second kappa shape index (κ2) is 6.89. The SMILES string of the molecule is CCS(=O)(=O)N1CCN(C(=O)NCCC(=O)O)[C@H](C)C1. The first-order valence-corrected chi connectivity index (χ1v) is 8.13. The number of carboxylic acids is 1. The summed E-state index contributed by atoms with van der Waals surface area (Å²) in [5.41, 5.74) is 0. The normalized spacial score (nSPS) is 20.7. The van der Waals surface area contributed by atoms with Gasteiger partial charge in [-0.3, -0.25) is 4.79 Å². The van der Waals surface area contributed by atoms with E-state index in [-0.39, 0.29) is 43.9 Å².